The van der Waals surface area contributed by atoms with Crippen LogP contribution in [0, 0.1) is 17.9 Å². The van der Waals surface area contributed by atoms with Gasteiger partial charge in [0, 0.05) is 10.8 Å². The molecule has 0 amide bonds. The second kappa shape index (κ2) is 12.0. The van der Waals surface area contributed by atoms with Gasteiger partial charge in [-0.1, -0.05) is 152 Å². The highest BCUT2D eigenvalue weighted by Gasteiger charge is 2.43. The van der Waals surface area contributed by atoms with Crippen molar-refractivity contribution >= 4 is 56.3 Å². The number of hydrogen-bond donors (Lipinski definition) is 0. The number of hydrogen-bond acceptors (Lipinski definition) is 1. The molecule has 0 N–H and O–H groups in total. The van der Waals surface area contributed by atoms with Gasteiger partial charge in [-0.05, 0) is 56.1 Å². The van der Waals surface area contributed by atoms with Crippen molar-refractivity contribution in [2.45, 2.75) is 0 Å². The zero-order valence-corrected chi connectivity index (χ0v) is 27.1. The second-order valence-corrected chi connectivity index (χ2v) is 15.6. The van der Waals surface area contributed by atoms with Crippen LogP contribution in [0.25, 0.3) is 43.5 Å². The molecule has 4 heteroatoms. The minimum absolute atomic E-state index is 0.570. The van der Waals surface area contributed by atoms with Crippen LogP contribution in [0.5, 0.6) is 0 Å². The van der Waals surface area contributed by atoms with Crippen molar-refractivity contribution in [1.29, 1.82) is 5.26 Å². The van der Waals surface area contributed by atoms with E-state index in [4.69, 9.17) is 6.57 Å². The average molecular weight is 628 g/mol. The molecule has 0 fully saturated rings. The Morgan fingerprint density at radius 2 is 1.02 bits per heavy atom. The maximum absolute atomic E-state index is 10.3. The lowest BCUT2D eigenvalue weighted by atomic mass is 10.0. The van der Waals surface area contributed by atoms with E-state index in [1.54, 1.807) is 0 Å². The van der Waals surface area contributed by atoms with E-state index in [9.17, 15) is 5.26 Å². The summed E-state index contributed by atoms with van der Waals surface area (Å²) in [5, 5.41) is 17.4. The summed E-state index contributed by atoms with van der Waals surface area (Å²) in [6, 6.07) is 63.7. The SMILES string of the molecule is [C-]#[N+]c1cccc(-c2ccc(C#N)cc2[Si](c2ccccc2)(c2ccccc2)c2ccccc2)c1-n1c2ccccc2c2ccccc21. The van der Waals surface area contributed by atoms with E-state index in [0.717, 1.165) is 43.8 Å². The summed E-state index contributed by atoms with van der Waals surface area (Å²) in [4.78, 5) is 4.11. The lowest BCUT2D eigenvalue weighted by Gasteiger charge is -2.36. The molecule has 0 unspecified atom stereocenters. The quantitative estimate of drug-likeness (QED) is 0.104. The van der Waals surface area contributed by atoms with Crippen molar-refractivity contribution in [2.24, 2.45) is 0 Å². The van der Waals surface area contributed by atoms with Crippen molar-refractivity contribution in [3.63, 3.8) is 0 Å². The molecule has 0 saturated carbocycles. The van der Waals surface area contributed by atoms with Crippen LogP contribution in [0.4, 0.5) is 5.69 Å². The number of fused-ring (bicyclic) bond motifs is 3. The van der Waals surface area contributed by atoms with Gasteiger partial charge in [-0.25, -0.2) is 4.85 Å². The van der Waals surface area contributed by atoms with Crippen LogP contribution in [0.2, 0.25) is 0 Å². The van der Waals surface area contributed by atoms with Gasteiger partial charge in [0.15, 0.2) is 8.07 Å². The molecule has 0 aliphatic rings. The molecule has 48 heavy (non-hydrogen) atoms. The zero-order valence-electron chi connectivity index (χ0n) is 26.1. The molecule has 1 heterocycles. The molecule has 0 radical (unpaired) electrons. The molecule has 0 saturated heterocycles. The number of aromatic nitrogens is 1. The van der Waals surface area contributed by atoms with Gasteiger partial charge in [-0.2, -0.15) is 5.26 Å². The summed E-state index contributed by atoms with van der Waals surface area (Å²) >= 11 is 0. The fourth-order valence-corrected chi connectivity index (χ4v) is 12.4. The highest BCUT2D eigenvalue weighted by Crippen LogP contribution is 2.40. The van der Waals surface area contributed by atoms with Gasteiger partial charge in [0.25, 0.3) is 0 Å². The van der Waals surface area contributed by atoms with Gasteiger partial charge >= 0.3 is 0 Å². The Hall–Kier alpha value is -6.46. The van der Waals surface area contributed by atoms with E-state index < -0.39 is 8.07 Å². The number of benzene rings is 7. The molecule has 8 rings (SSSR count). The van der Waals surface area contributed by atoms with E-state index in [1.807, 2.05) is 18.2 Å². The van der Waals surface area contributed by atoms with Crippen molar-refractivity contribution < 1.29 is 0 Å². The van der Waals surface area contributed by atoms with Crippen molar-refractivity contribution in [1.82, 2.24) is 4.57 Å². The van der Waals surface area contributed by atoms with Crippen LogP contribution in [0.1, 0.15) is 5.56 Å². The van der Waals surface area contributed by atoms with Gasteiger partial charge in [0.2, 0.25) is 5.69 Å². The summed E-state index contributed by atoms with van der Waals surface area (Å²) in [7, 11) is -3.06. The highest BCUT2D eigenvalue weighted by atomic mass is 28.3. The summed E-state index contributed by atoms with van der Waals surface area (Å²) in [5.41, 5.74) is 6.07. The molecule has 3 nitrogen and oxygen atoms in total. The third kappa shape index (κ3) is 4.48. The first-order valence-corrected chi connectivity index (χ1v) is 18.0. The molecular formula is C44H29N3Si. The lowest BCUT2D eigenvalue weighted by Crippen LogP contribution is -2.75. The summed E-state index contributed by atoms with van der Waals surface area (Å²) in [6.45, 7) is 8.38. The minimum Gasteiger partial charge on any atom is -0.318 e. The maximum atomic E-state index is 10.3. The van der Waals surface area contributed by atoms with Crippen LogP contribution < -0.4 is 20.7 Å². The second-order valence-electron chi connectivity index (χ2n) is 11.9. The first-order chi connectivity index (χ1) is 23.8. The Morgan fingerprint density at radius 1 is 0.521 bits per heavy atom. The number of nitriles is 1. The first kappa shape index (κ1) is 29.0. The Labute approximate surface area is 281 Å². The summed E-state index contributed by atoms with van der Waals surface area (Å²) in [5.74, 6) is 0. The monoisotopic (exact) mass is 627 g/mol. The molecule has 0 atom stereocenters. The lowest BCUT2D eigenvalue weighted by molar-refractivity contribution is 1.19. The Bertz CT molecular complexity index is 2370. The minimum atomic E-state index is -3.06. The van der Waals surface area contributed by atoms with Gasteiger partial charge in [-0.15, -0.1) is 0 Å². The van der Waals surface area contributed by atoms with E-state index >= 15 is 0 Å². The van der Waals surface area contributed by atoms with Crippen molar-refractivity contribution in [3.8, 4) is 22.9 Å². The Kier molecular flexibility index (Phi) is 7.27. The van der Waals surface area contributed by atoms with Crippen molar-refractivity contribution in [3.05, 3.63) is 193 Å². The summed E-state index contributed by atoms with van der Waals surface area (Å²) < 4.78 is 2.26. The molecule has 0 bridgehead atoms. The molecule has 0 aliphatic carbocycles. The van der Waals surface area contributed by atoms with Crippen LogP contribution in [-0.2, 0) is 0 Å². The van der Waals surface area contributed by atoms with Crippen molar-refractivity contribution in [2.75, 3.05) is 0 Å². The van der Waals surface area contributed by atoms with Crippen LogP contribution in [-0.4, -0.2) is 12.6 Å². The third-order valence-corrected chi connectivity index (χ3v) is 14.2. The van der Waals surface area contributed by atoms with Crippen LogP contribution >= 0.6 is 0 Å². The van der Waals surface area contributed by atoms with E-state index in [1.165, 1.54) is 15.6 Å². The Morgan fingerprint density at radius 3 is 1.52 bits per heavy atom. The standard InChI is InChI=1S/C44H29N3Si/c1-46-40-25-15-24-39(44(40)47-41-26-13-11-22-36(41)37-23-12-14-27-42(37)47)38-29-28-32(31-45)30-43(38)48(33-16-5-2-6-17-33,34-18-7-3-8-19-34)35-20-9-4-10-21-35/h2-30H. The number of nitrogens with zero attached hydrogens (tertiary/aromatic N) is 3. The molecule has 0 aliphatic heterocycles. The highest BCUT2D eigenvalue weighted by molar-refractivity contribution is 7.20. The molecule has 224 valence electrons. The van der Waals surface area contributed by atoms with Crippen LogP contribution in [0.15, 0.2) is 176 Å². The van der Waals surface area contributed by atoms with Gasteiger partial charge in [0.05, 0.1) is 34.9 Å². The van der Waals surface area contributed by atoms with Gasteiger partial charge in [-0.3, -0.25) is 0 Å². The molecule has 7 aromatic carbocycles. The van der Waals surface area contributed by atoms with Crippen LogP contribution in [0.3, 0.4) is 0 Å². The molecule has 0 spiro atoms. The summed E-state index contributed by atoms with van der Waals surface area (Å²) in [6.07, 6.45) is 0. The van der Waals surface area contributed by atoms with E-state index in [-0.39, 0.29) is 0 Å². The van der Waals surface area contributed by atoms with E-state index in [2.05, 4.69) is 173 Å². The zero-order chi connectivity index (χ0) is 32.5. The fraction of sp³-hybridized carbons (Fsp3) is 0. The topological polar surface area (TPSA) is 33.1 Å². The molecule has 1 aromatic heterocycles. The normalized spacial score (nSPS) is 11.3. The van der Waals surface area contributed by atoms with E-state index in [0.29, 0.717) is 11.3 Å². The predicted molar refractivity (Wildman–Crippen MR) is 201 cm³/mol. The smallest absolute Gasteiger partial charge is 0.211 e. The number of para-hydroxylation sites is 3. The fourth-order valence-electron chi connectivity index (χ4n) is 7.43. The largest absolute Gasteiger partial charge is 0.318 e. The first-order valence-electron chi connectivity index (χ1n) is 16.0. The third-order valence-electron chi connectivity index (χ3n) is 9.40. The molecular weight excluding hydrogens is 599 g/mol. The average Bonchev–Trinajstić information content (AvgIpc) is 3.50. The molecule has 8 aromatic rings. The van der Waals surface area contributed by atoms with Gasteiger partial charge < -0.3 is 4.57 Å². The van der Waals surface area contributed by atoms with Gasteiger partial charge in [0.1, 0.15) is 0 Å². The predicted octanol–water partition coefficient (Wildman–Crippen LogP) is 8.25. The Balaban J connectivity index is 1.56. The number of rotatable bonds is 6. The maximum Gasteiger partial charge on any atom is 0.211 e.